The molecule has 3 rings (SSSR count). The first kappa shape index (κ1) is 19.4. The average molecular weight is 381 g/mol. The molecule has 28 heavy (non-hydrogen) atoms. The van der Waals surface area contributed by atoms with Crippen LogP contribution in [0.5, 0.6) is 5.75 Å². The van der Waals surface area contributed by atoms with Gasteiger partial charge in [0.25, 0.3) is 5.56 Å². The number of benzene rings is 2. The molecule has 7 heteroatoms. The summed E-state index contributed by atoms with van der Waals surface area (Å²) in [6.45, 7) is 5.38. The minimum Gasteiger partial charge on any atom is -0.497 e. The topological polar surface area (TPSA) is 82.3 Å². The van der Waals surface area contributed by atoms with Crippen LogP contribution >= 0.6 is 0 Å². The molecule has 0 aliphatic heterocycles. The fourth-order valence-electron chi connectivity index (χ4n) is 3.13. The van der Waals surface area contributed by atoms with Gasteiger partial charge in [0.15, 0.2) is 0 Å². The van der Waals surface area contributed by atoms with Gasteiger partial charge in [-0.15, -0.1) is 0 Å². The number of fused-ring (bicyclic) bond motifs is 1. The van der Waals surface area contributed by atoms with Crippen LogP contribution in [-0.4, -0.2) is 28.2 Å². The molecule has 0 aliphatic rings. The largest absolute Gasteiger partial charge is 0.497 e. The minimum atomic E-state index is -0.575. The summed E-state index contributed by atoms with van der Waals surface area (Å²) in [5, 5.41) is 3.16. The zero-order chi connectivity index (χ0) is 20.4. The Morgan fingerprint density at radius 2 is 1.89 bits per heavy atom. The lowest BCUT2D eigenvalue weighted by molar-refractivity contribution is -0.122. The molecular weight excluding hydrogens is 358 g/mol. The van der Waals surface area contributed by atoms with Gasteiger partial charge in [-0.1, -0.05) is 17.7 Å². The van der Waals surface area contributed by atoms with Crippen molar-refractivity contribution in [3.63, 3.8) is 0 Å². The summed E-state index contributed by atoms with van der Waals surface area (Å²) in [7, 11) is 1.51. The van der Waals surface area contributed by atoms with Crippen LogP contribution in [0.2, 0.25) is 0 Å². The zero-order valence-electron chi connectivity index (χ0n) is 16.4. The number of nitrogens with one attached hydrogen (secondary N) is 1. The molecule has 0 saturated heterocycles. The summed E-state index contributed by atoms with van der Waals surface area (Å²) < 4.78 is 7.62. The van der Waals surface area contributed by atoms with Crippen molar-refractivity contribution in [3.05, 3.63) is 68.9 Å². The standard InChI is InChI=1S/C21H23N3O4/c1-13(2)22-19(25)12-23-18-9-8-14(3)10-17(18)20(26)24(21(23)27)15-6-5-7-16(11-15)28-4/h5-11,13H,12H2,1-4H3,(H,22,25). The van der Waals surface area contributed by atoms with Crippen molar-refractivity contribution in [2.75, 3.05) is 7.11 Å². The molecule has 0 spiro atoms. The number of carbonyl (C=O) groups excluding carboxylic acids is 1. The number of rotatable bonds is 5. The SMILES string of the molecule is COc1cccc(-n2c(=O)c3cc(C)ccc3n(CC(=O)NC(C)C)c2=O)c1. The number of nitrogens with zero attached hydrogens (tertiary/aromatic N) is 2. The fraction of sp³-hybridized carbons (Fsp3) is 0.286. The number of amides is 1. The molecule has 0 bridgehead atoms. The Hall–Kier alpha value is -3.35. The number of ether oxygens (including phenoxy) is 1. The van der Waals surface area contributed by atoms with E-state index >= 15 is 0 Å². The van der Waals surface area contributed by atoms with Crippen molar-refractivity contribution in [2.24, 2.45) is 0 Å². The maximum atomic E-state index is 13.2. The lowest BCUT2D eigenvalue weighted by Gasteiger charge is -2.16. The lowest BCUT2D eigenvalue weighted by Crippen LogP contribution is -2.42. The average Bonchev–Trinajstić information content (AvgIpc) is 2.65. The molecule has 0 atom stereocenters. The number of methoxy groups -OCH3 is 1. The molecule has 1 heterocycles. The number of hydrogen-bond acceptors (Lipinski definition) is 4. The molecule has 1 aromatic heterocycles. The molecule has 7 nitrogen and oxygen atoms in total. The van der Waals surface area contributed by atoms with Crippen LogP contribution in [-0.2, 0) is 11.3 Å². The molecule has 0 unspecified atom stereocenters. The van der Waals surface area contributed by atoms with Gasteiger partial charge in [0, 0.05) is 12.1 Å². The van der Waals surface area contributed by atoms with Crippen molar-refractivity contribution in [3.8, 4) is 11.4 Å². The van der Waals surface area contributed by atoms with Crippen molar-refractivity contribution in [1.82, 2.24) is 14.5 Å². The highest BCUT2D eigenvalue weighted by Gasteiger charge is 2.17. The van der Waals surface area contributed by atoms with Gasteiger partial charge in [-0.3, -0.25) is 14.2 Å². The molecule has 1 amide bonds. The number of aromatic nitrogens is 2. The first-order valence-electron chi connectivity index (χ1n) is 9.02. The van der Waals surface area contributed by atoms with E-state index in [2.05, 4.69) is 5.32 Å². The Kier molecular flexibility index (Phi) is 5.35. The van der Waals surface area contributed by atoms with Gasteiger partial charge in [-0.2, -0.15) is 0 Å². The van der Waals surface area contributed by atoms with Crippen LogP contribution in [0.25, 0.3) is 16.6 Å². The van der Waals surface area contributed by atoms with Crippen molar-refractivity contribution >= 4 is 16.8 Å². The smallest absolute Gasteiger partial charge is 0.336 e. The van der Waals surface area contributed by atoms with Gasteiger partial charge < -0.3 is 10.1 Å². The maximum absolute atomic E-state index is 13.2. The highest BCUT2D eigenvalue weighted by molar-refractivity contribution is 5.82. The van der Waals surface area contributed by atoms with E-state index in [4.69, 9.17) is 4.74 Å². The second-order valence-electron chi connectivity index (χ2n) is 6.95. The lowest BCUT2D eigenvalue weighted by atomic mass is 10.1. The molecule has 1 N–H and O–H groups in total. The number of hydrogen-bond donors (Lipinski definition) is 1. The second-order valence-corrected chi connectivity index (χ2v) is 6.95. The highest BCUT2D eigenvalue weighted by atomic mass is 16.5. The Morgan fingerprint density at radius 1 is 1.14 bits per heavy atom. The predicted molar refractivity (Wildman–Crippen MR) is 108 cm³/mol. The molecule has 3 aromatic rings. The second kappa shape index (κ2) is 7.72. The van der Waals surface area contributed by atoms with E-state index < -0.39 is 11.2 Å². The van der Waals surface area contributed by atoms with E-state index in [1.807, 2.05) is 26.8 Å². The first-order chi connectivity index (χ1) is 13.3. The van der Waals surface area contributed by atoms with Crippen LogP contribution in [0.15, 0.2) is 52.1 Å². The summed E-state index contributed by atoms with van der Waals surface area (Å²) in [6.07, 6.45) is 0. The third-order valence-electron chi connectivity index (χ3n) is 4.36. The quantitative estimate of drug-likeness (QED) is 0.733. The van der Waals surface area contributed by atoms with Gasteiger partial charge in [0.1, 0.15) is 12.3 Å². The third kappa shape index (κ3) is 3.69. The van der Waals surface area contributed by atoms with Crippen LogP contribution in [0.3, 0.4) is 0 Å². The monoisotopic (exact) mass is 381 g/mol. The Bertz CT molecular complexity index is 1160. The van der Waals surface area contributed by atoms with Gasteiger partial charge in [0.05, 0.1) is 23.7 Å². The van der Waals surface area contributed by atoms with E-state index in [1.54, 1.807) is 36.4 Å². The van der Waals surface area contributed by atoms with E-state index in [-0.39, 0.29) is 18.5 Å². The molecular formula is C21H23N3O4. The van der Waals surface area contributed by atoms with Crippen molar-refractivity contribution in [2.45, 2.75) is 33.4 Å². The fourth-order valence-corrected chi connectivity index (χ4v) is 3.13. The predicted octanol–water partition coefficient (Wildman–Crippen LogP) is 1.99. The third-order valence-corrected chi connectivity index (χ3v) is 4.36. The van der Waals surface area contributed by atoms with Crippen LogP contribution in [0.1, 0.15) is 19.4 Å². The molecule has 2 aromatic carbocycles. The van der Waals surface area contributed by atoms with Gasteiger partial charge in [0.2, 0.25) is 5.91 Å². The van der Waals surface area contributed by atoms with Crippen molar-refractivity contribution in [1.29, 1.82) is 0 Å². The Balaban J connectivity index is 2.31. The molecule has 0 saturated carbocycles. The minimum absolute atomic E-state index is 0.0546. The van der Waals surface area contributed by atoms with Crippen LogP contribution < -0.4 is 21.3 Å². The zero-order valence-corrected chi connectivity index (χ0v) is 16.4. The Labute approximate surface area is 162 Å². The molecule has 0 aliphatic carbocycles. The van der Waals surface area contributed by atoms with Gasteiger partial charge in [-0.25, -0.2) is 9.36 Å². The number of aryl methyl sites for hydroxylation is 1. The summed E-state index contributed by atoms with van der Waals surface area (Å²) in [6, 6.07) is 11.9. The molecule has 0 radical (unpaired) electrons. The highest BCUT2D eigenvalue weighted by Crippen LogP contribution is 2.16. The number of carbonyl (C=O) groups is 1. The van der Waals surface area contributed by atoms with E-state index in [9.17, 15) is 14.4 Å². The van der Waals surface area contributed by atoms with Crippen LogP contribution in [0.4, 0.5) is 0 Å². The molecule has 146 valence electrons. The van der Waals surface area contributed by atoms with E-state index in [1.165, 1.54) is 11.7 Å². The molecule has 0 fully saturated rings. The van der Waals surface area contributed by atoms with Gasteiger partial charge in [-0.05, 0) is 45.0 Å². The summed E-state index contributed by atoms with van der Waals surface area (Å²) in [5.74, 6) is 0.229. The van der Waals surface area contributed by atoms with E-state index in [0.29, 0.717) is 22.3 Å². The summed E-state index contributed by atoms with van der Waals surface area (Å²) >= 11 is 0. The van der Waals surface area contributed by atoms with Crippen LogP contribution in [0, 0.1) is 6.92 Å². The maximum Gasteiger partial charge on any atom is 0.336 e. The normalized spacial score (nSPS) is 11.0. The van der Waals surface area contributed by atoms with E-state index in [0.717, 1.165) is 10.1 Å². The Morgan fingerprint density at radius 3 is 2.57 bits per heavy atom. The summed E-state index contributed by atoms with van der Waals surface area (Å²) in [5.41, 5.74) is 0.694. The van der Waals surface area contributed by atoms with Crippen molar-refractivity contribution < 1.29 is 9.53 Å². The first-order valence-corrected chi connectivity index (χ1v) is 9.02. The van der Waals surface area contributed by atoms with Gasteiger partial charge >= 0.3 is 5.69 Å². The summed E-state index contributed by atoms with van der Waals surface area (Å²) in [4.78, 5) is 38.7.